The molecule has 2 aromatic heterocycles. The summed E-state index contributed by atoms with van der Waals surface area (Å²) in [6.07, 6.45) is 5.62. The topological polar surface area (TPSA) is 55.0 Å². The summed E-state index contributed by atoms with van der Waals surface area (Å²) in [6.45, 7) is 7.28. The molecule has 0 fully saturated rings. The number of nitrogens with zero attached hydrogens (tertiary/aromatic N) is 3. The molecule has 1 atom stereocenters. The summed E-state index contributed by atoms with van der Waals surface area (Å²) in [5.74, 6) is 0.784. The molecule has 0 aliphatic rings. The maximum absolute atomic E-state index is 5.98. The van der Waals surface area contributed by atoms with Gasteiger partial charge in [0, 0.05) is 29.4 Å². The average Bonchev–Trinajstić information content (AvgIpc) is 2.98. The Morgan fingerprint density at radius 1 is 1.29 bits per heavy atom. The second kappa shape index (κ2) is 7.52. The number of anilines is 1. The summed E-state index contributed by atoms with van der Waals surface area (Å²) in [5.41, 5.74) is 7.08. The Kier molecular flexibility index (Phi) is 5.70. The highest BCUT2D eigenvalue weighted by Gasteiger charge is 2.14. The number of hydrogen-bond donors (Lipinski definition) is 1. The fourth-order valence-electron chi connectivity index (χ4n) is 2.10. The van der Waals surface area contributed by atoms with Gasteiger partial charge in [0.15, 0.2) is 0 Å². The lowest BCUT2D eigenvalue weighted by Gasteiger charge is -2.26. The molecule has 5 heteroatoms. The first-order valence-electron chi connectivity index (χ1n) is 7.45. The highest BCUT2D eigenvalue weighted by molar-refractivity contribution is 7.09. The predicted molar refractivity (Wildman–Crippen MR) is 89.6 cm³/mol. The van der Waals surface area contributed by atoms with E-state index in [1.807, 2.05) is 12.4 Å². The van der Waals surface area contributed by atoms with Crippen molar-refractivity contribution in [2.24, 2.45) is 5.73 Å². The lowest BCUT2D eigenvalue weighted by molar-refractivity contribution is 0.638. The quantitative estimate of drug-likeness (QED) is 0.853. The van der Waals surface area contributed by atoms with Crippen molar-refractivity contribution in [1.82, 2.24) is 9.97 Å². The molecule has 0 aliphatic carbocycles. The summed E-state index contributed by atoms with van der Waals surface area (Å²) in [6, 6.07) is 4.77. The average molecular weight is 304 g/mol. The van der Waals surface area contributed by atoms with E-state index in [1.165, 1.54) is 4.88 Å². The zero-order valence-electron chi connectivity index (χ0n) is 13.0. The van der Waals surface area contributed by atoms with Crippen molar-refractivity contribution in [2.75, 3.05) is 4.90 Å². The number of thiophene rings is 1. The van der Waals surface area contributed by atoms with Crippen molar-refractivity contribution in [1.29, 1.82) is 0 Å². The second-order valence-corrected chi connectivity index (χ2v) is 6.60. The van der Waals surface area contributed by atoms with Gasteiger partial charge in [-0.15, -0.1) is 11.3 Å². The number of nitrogens with two attached hydrogens (primary N) is 1. The van der Waals surface area contributed by atoms with Gasteiger partial charge in [0.05, 0.1) is 6.54 Å². The highest BCUT2D eigenvalue weighted by atomic mass is 32.1. The SMILES string of the molecule is CCC(N)Cc1cnc(N(Cc2cccs2)C(C)C)nc1. The Hall–Kier alpha value is -1.46. The predicted octanol–water partition coefficient (Wildman–Crippen LogP) is 3.23. The van der Waals surface area contributed by atoms with E-state index in [4.69, 9.17) is 5.73 Å². The fourth-order valence-corrected chi connectivity index (χ4v) is 2.81. The first-order valence-corrected chi connectivity index (χ1v) is 8.33. The molecule has 0 bridgehead atoms. The molecule has 2 heterocycles. The maximum atomic E-state index is 5.98. The van der Waals surface area contributed by atoms with Crippen LogP contribution < -0.4 is 10.6 Å². The van der Waals surface area contributed by atoms with Crippen LogP contribution in [0, 0.1) is 0 Å². The molecule has 2 aromatic rings. The normalized spacial score (nSPS) is 12.6. The van der Waals surface area contributed by atoms with E-state index in [0.717, 1.165) is 30.9 Å². The van der Waals surface area contributed by atoms with Gasteiger partial charge in [0.2, 0.25) is 5.95 Å². The molecule has 0 spiro atoms. The van der Waals surface area contributed by atoms with Gasteiger partial charge in [0.1, 0.15) is 0 Å². The van der Waals surface area contributed by atoms with Crippen molar-refractivity contribution in [3.63, 3.8) is 0 Å². The minimum atomic E-state index is 0.187. The molecule has 0 amide bonds. The molecular weight excluding hydrogens is 280 g/mol. The third kappa shape index (κ3) is 4.51. The third-order valence-electron chi connectivity index (χ3n) is 3.50. The van der Waals surface area contributed by atoms with Crippen LogP contribution in [0.4, 0.5) is 5.95 Å². The smallest absolute Gasteiger partial charge is 0.225 e. The number of rotatable bonds is 7. The van der Waals surface area contributed by atoms with Crippen LogP contribution in [-0.4, -0.2) is 22.1 Å². The monoisotopic (exact) mass is 304 g/mol. The van der Waals surface area contributed by atoms with Crippen LogP contribution in [0.15, 0.2) is 29.9 Å². The van der Waals surface area contributed by atoms with Crippen molar-refractivity contribution in [3.8, 4) is 0 Å². The second-order valence-electron chi connectivity index (χ2n) is 5.56. The largest absolute Gasteiger partial charge is 0.333 e. The molecule has 0 aliphatic heterocycles. The van der Waals surface area contributed by atoms with Crippen molar-refractivity contribution < 1.29 is 0 Å². The molecule has 114 valence electrons. The van der Waals surface area contributed by atoms with E-state index in [2.05, 4.69) is 53.2 Å². The Bertz CT molecular complexity index is 522. The van der Waals surface area contributed by atoms with Gasteiger partial charge in [0.25, 0.3) is 0 Å². The van der Waals surface area contributed by atoms with Crippen LogP contribution in [0.3, 0.4) is 0 Å². The molecule has 2 rings (SSSR count). The summed E-state index contributed by atoms with van der Waals surface area (Å²) < 4.78 is 0. The zero-order chi connectivity index (χ0) is 15.2. The minimum Gasteiger partial charge on any atom is -0.333 e. The van der Waals surface area contributed by atoms with Crippen LogP contribution in [0.1, 0.15) is 37.6 Å². The highest BCUT2D eigenvalue weighted by Crippen LogP contribution is 2.18. The zero-order valence-corrected chi connectivity index (χ0v) is 13.8. The Morgan fingerprint density at radius 2 is 2.00 bits per heavy atom. The van der Waals surface area contributed by atoms with Gasteiger partial charge in [-0.3, -0.25) is 0 Å². The summed E-state index contributed by atoms with van der Waals surface area (Å²) in [7, 11) is 0. The summed E-state index contributed by atoms with van der Waals surface area (Å²) in [5, 5.41) is 2.10. The van der Waals surface area contributed by atoms with Crippen LogP contribution in [0.25, 0.3) is 0 Å². The molecule has 0 aromatic carbocycles. The molecule has 0 saturated carbocycles. The minimum absolute atomic E-state index is 0.187. The van der Waals surface area contributed by atoms with Gasteiger partial charge in [-0.1, -0.05) is 13.0 Å². The molecule has 0 radical (unpaired) electrons. The lowest BCUT2D eigenvalue weighted by Crippen LogP contribution is -2.31. The first kappa shape index (κ1) is 15.9. The maximum Gasteiger partial charge on any atom is 0.225 e. The van der Waals surface area contributed by atoms with Crippen LogP contribution in [0.2, 0.25) is 0 Å². The van der Waals surface area contributed by atoms with E-state index >= 15 is 0 Å². The van der Waals surface area contributed by atoms with E-state index in [9.17, 15) is 0 Å². The fraction of sp³-hybridized carbons (Fsp3) is 0.500. The van der Waals surface area contributed by atoms with Gasteiger partial charge >= 0.3 is 0 Å². The van der Waals surface area contributed by atoms with Gasteiger partial charge in [-0.2, -0.15) is 0 Å². The Labute approximate surface area is 131 Å². The van der Waals surface area contributed by atoms with Crippen LogP contribution in [0.5, 0.6) is 0 Å². The standard InChI is InChI=1S/C16H24N4S/c1-4-14(17)8-13-9-18-16(19-10-13)20(12(2)3)11-15-6-5-7-21-15/h5-7,9-10,12,14H,4,8,11,17H2,1-3H3. The molecule has 4 nitrogen and oxygen atoms in total. The molecular formula is C16H24N4S. The molecule has 1 unspecified atom stereocenters. The number of hydrogen-bond acceptors (Lipinski definition) is 5. The summed E-state index contributed by atoms with van der Waals surface area (Å²) >= 11 is 1.76. The Balaban J connectivity index is 2.10. The number of aromatic nitrogens is 2. The molecule has 0 saturated heterocycles. The van der Waals surface area contributed by atoms with Gasteiger partial charge in [-0.05, 0) is 43.7 Å². The van der Waals surface area contributed by atoms with Gasteiger partial charge in [-0.25, -0.2) is 9.97 Å². The molecule has 2 N–H and O–H groups in total. The van der Waals surface area contributed by atoms with E-state index in [1.54, 1.807) is 11.3 Å². The van der Waals surface area contributed by atoms with E-state index in [0.29, 0.717) is 6.04 Å². The van der Waals surface area contributed by atoms with E-state index in [-0.39, 0.29) is 6.04 Å². The summed E-state index contributed by atoms with van der Waals surface area (Å²) in [4.78, 5) is 12.6. The van der Waals surface area contributed by atoms with Crippen LogP contribution in [-0.2, 0) is 13.0 Å². The van der Waals surface area contributed by atoms with Crippen LogP contribution >= 0.6 is 11.3 Å². The third-order valence-corrected chi connectivity index (χ3v) is 4.36. The van der Waals surface area contributed by atoms with Crippen molar-refractivity contribution in [3.05, 3.63) is 40.3 Å². The van der Waals surface area contributed by atoms with Crippen molar-refractivity contribution >= 4 is 17.3 Å². The van der Waals surface area contributed by atoms with Crippen molar-refractivity contribution in [2.45, 2.75) is 52.2 Å². The lowest BCUT2D eigenvalue weighted by atomic mass is 10.1. The van der Waals surface area contributed by atoms with Gasteiger partial charge < -0.3 is 10.6 Å². The van der Waals surface area contributed by atoms with E-state index < -0.39 is 0 Å². The Morgan fingerprint density at radius 3 is 2.52 bits per heavy atom. The first-order chi connectivity index (χ1) is 10.1. The molecule has 21 heavy (non-hydrogen) atoms.